The quantitative estimate of drug-likeness (QED) is 0.143. The summed E-state index contributed by atoms with van der Waals surface area (Å²) in [7, 11) is 0. The number of unbranched alkanes of at least 4 members (excludes halogenated alkanes) is 8. The lowest BCUT2D eigenvalue weighted by atomic mass is 9.89. The van der Waals surface area contributed by atoms with Crippen molar-refractivity contribution in [1.29, 1.82) is 5.26 Å². The molecule has 2 aromatic rings. The molecule has 3 rings (SSSR count). The summed E-state index contributed by atoms with van der Waals surface area (Å²) in [6.07, 6.45) is 20.1. The normalized spacial score (nSPS) is 13.9. The summed E-state index contributed by atoms with van der Waals surface area (Å²) < 4.78 is 6.06. The summed E-state index contributed by atoms with van der Waals surface area (Å²) in [6, 6.07) is 16.5. The van der Waals surface area contributed by atoms with E-state index in [2.05, 4.69) is 31.2 Å². The molecule has 2 aromatic carbocycles. The molecule has 0 atom stereocenters. The number of ether oxygens (including phenoxy) is 1. The summed E-state index contributed by atoms with van der Waals surface area (Å²) in [4.78, 5) is 12.9. The van der Waals surface area contributed by atoms with Crippen molar-refractivity contribution in [2.24, 2.45) is 5.92 Å². The van der Waals surface area contributed by atoms with Gasteiger partial charge in [0.15, 0.2) is 0 Å². The van der Waals surface area contributed by atoms with Crippen LogP contribution >= 0.6 is 0 Å². The van der Waals surface area contributed by atoms with E-state index in [1.807, 2.05) is 24.3 Å². The van der Waals surface area contributed by atoms with Gasteiger partial charge in [-0.2, -0.15) is 5.26 Å². The largest absolute Gasteiger partial charge is 0.426 e. The van der Waals surface area contributed by atoms with Crippen molar-refractivity contribution in [3.05, 3.63) is 64.7 Å². The van der Waals surface area contributed by atoms with Gasteiger partial charge in [-0.25, -0.2) is 0 Å². The van der Waals surface area contributed by atoms with E-state index in [0.29, 0.717) is 5.56 Å². The number of hydrogen-bond acceptors (Lipinski definition) is 3. The zero-order valence-electron chi connectivity index (χ0n) is 22.4. The van der Waals surface area contributed by atoms with E-state index in [-0.39, 0.29) is 11.9 Å². The number of nitrogens with zero attached hydrogens (tertiary/aromatic N) is 1. The molecule has 36 heavy (non-hydrogen) atoms. The van der Waals surface area contributed by atoms with Crippen molar-refractivity contribution in [3.63, 3.8) is 0 Å². The Morgan fingerprint density at radius 1 is 0.806 bits per heavy atom. The number of esters is 1. The minimum Gasteiger partial charge on any atom is -0.426 e. The third-order valence-corrected chi connectivity index (χ3v) is 7.62. The number of carbonyl (C=O) groups is 1. The lowest BCUT2D eigenvalue weighted by Crippen LogP contribution is -2.23. The van der Waals surface area contributed by atoms with E-state index in [9.17, 15) is 4.79 Å². The molecule has 3 heteroatoms. The highest BCUT2D eigenvalue weighted by Gasteiger charge is 2.24. The highest BCUT2D eigenvalue weighted by molar-refractivity contribution is 5.75. The summed E-state index contributed by atoms with van der Waals surface area (Å²) in [5.74, 6) is 0.758. The maximum Gasteiger partial charge on any atom is 0.314 e. The fourth-order valence-electron chi connectivity index (χ4n) is 5.25. The van der Waals surface area contributed by atoms with Crippen LogP contribution in [0.2, 0.25) is 0 Å². The molecule has 0 aromatic heterocycles. The van der Waals surface area contributed by atoms with Gasteiger partial charge >= 0.3 is 5.97 Å². The van der Waals surface area contributed by atoms with Gasteiger partial charge in [-0.1, -0.05) is 102 Å². The standard InChI is InChI=1S/C33H45NO2/c1-2-3-4-5-6-7-8-9-11-14-28-22-24-30(23-21-27-17-19-29(26-34)20-18-27)32(25-28)36-33(35)31-15-12-10-13-16-31/h17-20,22,24-25,31H,2-16,21,23H2,1H3. The van der Waals surface area contributed by atoms with E-state index >= 15 is 0 Å². The fraction of sp³-hybridized carbons (Fsp3) is 0.576. The summed E-state index contributed by atoms with van der Waals surface area (Å²) >= 11 is 0. The molecule has 0 heterocycles. The smallest absolute Gasteiger partial charge is 0.314 e. The molecule has 0 spiro atoms. The van der Waals surface area contributed by atoms with Gasteiger partial charge in [0.25, 0.3) is 0 Å². The Morgan fingerprint density at radius 3 is 2.11 bits per heavy atom. The second-order valence-corrected chi connectivity index (χ2v) is 10.6. The lowest BCUT2D eigenvalue weighted by molar-refractivity contribution is -0.140. The minimum atomic E-state index is -0.0467. The van der Waals surface area contributed by atoms with Crippen LogP contribution in [0.4, 0.5) is 0 Å². The summed E-state index contributed by atoms with van der Waals surface area (Å²) in [6.45, 7) is 2.27. The van der Waals surface area contributed by atoms with Gasteiger partial charge in [-0.05, 0) is 73.4 Å². The van der Waals surface area contributed by atoms with Crippen LogP contribution in [0.1, 0.15) is 119 Å². The second kappa shape index (κ2) is 16.2. The number of hydrogen-bond donors (Lipinski definition) is 0. The van der Waals surface area contributed by atoms with E-state index in [4.69, 9.17) is 10.00 Å². The molecule has 0 amide bonds. The monoisotopic (exact) mass is 487 g/mol. The first-order valence-electron chi connectivity index (χ1n) is 14.5. The Bertz CT molecular complexity index is 951. The predicted molar refractivity (Wildman–Crippen MR) is 148 cm³/mol. The topological polar surface area (TPSA) is 50.1 Å². The zero-order chi connectivity index (χ0) is 25.4. The van der Waals surface area contributed by atoms with Gasteiger partial charge < -0.3 is 4.74 Å². The van der Waals surface area contributed by atoms with Crippen molar-refractivity contribution < 1.29 is 9.53 Å². The van der Waals surface area contributed by atoms with Crippen molar-refractivity contribution in [2.45, 2.75) is 116 Å². The van der Waals surface area contributed by atoms with Gasteiger partial charge in [0.05, 0.1) is 17.6 Å². The molecule has 1 fully saturated rings. The van der Waals surface area contributed by atoms with Gasteiger partial charge in [-0.15, -0.1) is 0 Å². The number of nitriles is 1. The minimum absolute atomic E-state index is 0.0467. The molecule has 1 aliphatic rings. The lowest BCUT2D eigenvalue weighted by Gasteiger charge is -2.21. The molecule has 0 unspecified atom stereocenters. The SMILES string of the molecule is CCCCCCCCCCCc1ccc(CCc2ccc(C#N)cc2)c(OC(=O)C2CCCCC2)c1. The Morgan fingerprint density at radius 2 is 1.44 bits per heavy atom. The van der Waals surface area contributed by atoms with Gasteiger partial charge in [0.2, 0.25) is 0 Å². The van der Waals surface area contributed by atoms with E-state index in [1.54, 1.807) is 0 Å². The molecular weight excluding hydrogens is 442 g/mol. The van der Waals surface area contributed by atoms with Crippen molar-refractivity contribution in [3.8, 4) is 11.8 Å². The first-order valence-corrected chi connectivity index (χ1v) is 14.5. The van der Waals surface area contributed by atoms with Gasteiger partial charge in [0.1, 0.15) is 5.75 Å². The van der Waals surface area contributed by atoms with E-state index < -0.39 is 0 Å². The number of aryl methyl sites for hydroxylation is 3. The highest BCUT2D eigenvalue weighted by atomic mass is 16.5. The summed E-state index contributed by atoms with van der Waals surface area (Å²) in [5, 5.41) is 9.04. The molecule has 0 saturated heterocycles. The third kappa shape index (κ3) is 9.81. The van der Waals surface area contributed by atoms with Crippen LogP contribution in [0.5, 0.6) is 5.75 Å². The first kappa shape index (κ1) is 28.0. The Kier molecular flexibility index (Phi) is 12.6. The molecule has 1 aliphatic carbocycles. The first-order chi connectivity index (χ1) is 17.7. The van der Waals surface area contributed by atoms with Crippen LogP contribution in [0.25, 0.3) is 0 Å². The van der Waals surface area contributed by atoms with Crippen LogP contribution in [-0.4, -0.2) is 5.97 Å². The molecule has 0 aliphatic heterocycles. The van der Waals surface area contributed by atoms with Crippen molar-refractivity contribution in [1.82, 2.24) is 0 Å². The van der Waals surface area contributed by atoms with E-state index in [1.165, 1.54) is 75.3 Å². The van der Waals surface area contributed by atoms with Crippen LogP contribution in [0, 0.1) is 17.2 Å². The Hall–Kier alpha value is -2.60. The molecule has 194 valence electrons. The van der Waals surface area contributed by atoms with E-state index in [0.717, 1.165) is 56.3 Å². The predicted octanol–water partition coefficient (Wildman–Crippen LogP) is 8.90. The van der Waals surface area contributed by atoms with Gasteiger partial charge in [0, 0.05) is 0 Å². The number of rotatable bonds is 15. The molecular formula is C33H45NO2. The van der Waals surface area contributed by atoms with Crippen LogP contribution in [0.15, 0.2) is 42.5 Å². The van der Waals surface area contributed by atoms with Crippen molar-refractivity contribution >= 4 is 5.97 Å². The molecule has 0 radical (unpaired) electrons. The number of carbonyl (C=O) groups excluding carboxylic acids is 1. The zero-order valence-corrected chi connectivity index (χ0v) is 22.4. The third-order valence-electron chi connectivity index (χ3n) is 7.62. The molecule has 1 saturated carbocycles. The number of benzene rings is 2. The highest BCUT2D eigenvalue weighted by Crippen LogP contribution is 2.29. The summed E-state index contributed by atoms with van der Waals surface area (Å²) in [5.41, 5.74) is 4.24. The average Bonchev–Trinajstić information content (AvgIpc) is 2.92. The molecule has 0 bridgehead atoms. The maximum atomic E-state index is 12.9. The fourth-order valence-corrected chi connectivity index (χ4v) is 5.25. The maximum absolute atomic E-state index is 12.9. The van der Waals surface area contributed by atoms with Crippen molar-refractivity contribution in [2.75, 3.05) is 0 Å². The van der Waals surface area contributed by atoms with Crippen LogP contribution in [-0.2, 0) is 24.1 Å². The molecule has 0 N–H and O–H groups in total. The van der Waals surface area contributed by atoms with Gasteiger partial charge in [-0.3, -0.25) is 4.79 Å². The van der Waals surface area contributed by atoms with Crippen LogP contribution in [0.3, 0.4) is 0 Å². The molecule has 3 nitrogen and oxygen atoms in total. The Labute approximate surface area is 219 Å². The average molecular weight is 488 g/mol. The van der Waals surface area contributed by atoms with Crippen LogP contribution < -0.4 is 4.74 Å². The Balaban J connectivity index is 1.56. The second-order valence-electron chi connectivity index (χ2n) is 10.6.